The predicted molar refractivity (Wildman–Crippen MR) is 119 cm³/mol. The summed E-state index contributed by atoms with van der Waals surface area (Å²) in [6.45, 7) is 4.08. The molecule has 4 rings (SSSR count). The number of nitrogens with zero attached hydrogens (tertiary/aromatic N) is 2. The maximum absolute atomic E-state index is 13.0. The number of likely N-dealkylation sites (tertiary alicyclic amines) is 1. The van der Waals surface area contributed by atoms with Crippen molar-refractivity contribution in [3.8, 4) is 5.75 Å². The lowest BCUT2D eigenvalue weighted by molar-refractivity contribution is -0.140. The lowest BCUT2D eigenvalue weighted by Gasteiger charge is -2.24. The van der Waals surface area contributed by atoms with E-state index in [2.05, 4.69) is 4.98 Å². The Balaban J connectivity index is 1.76. The third-order valence-electron chi connectivity index (χ3n) is 4.93. The van der Waals surface area contributed by atoms with E-state index in [1.54, 1.807) is 42.7 Å². The number of ether oxygens (including phenoxy) is 1. The highest BCUT2D eigenvalue weighted by molar-refractivity contribution is 7.10. The zero-order valence-corrected chi connectivity index (χ0v) is 18.0. The predicted octanol–water partition coefficient (Wildman–Crippen LogP) is 4.55. The fraction of sp³-hybridized carbons (Fsp3) is 0.208. The molecule has 2 aromatic heterocycles. The first kappa shape index (κ1) is 20.8. The van der Waals surface area contributed by atoms with E-state index < -0.39 is 17.7 Å². The van der Waals surface area contributed by atoms with E-state index in [1.165, 1.54) is 16.2 Å². The number of aliphatic hydroxyl groups excluding tert-OH is 1. The van der Waals surface area contributed by atoms with Crippen LogP contribution in [-0.2, 0) is 16.1 Å². The molecule has 1 N–H and O–H groups in total. The molecule has 1 amide bonds. The normalized spacial score (nSPS) is 18.0. The highest BCUT2D eigenvalue weighted by Crippen LogP contribution is 2.41. The van der Waals surface area contributed by atoms with E-state index in [-0.39, 0.29) is 24.0 Å². The maximum atomic E-state index is 13.0. The van der Waals surface area contributed by atoms with Gasteiger partial charge in [0.1, 0.15) is 11.5 Å². The molecule has 1 aliphatic rings. The van der Waals surface area contributed by atoms with Gasteiger partial charge in [-0.25, -0.2) is 0 Å². The van der Waals surface area contributed by atoms with Crippen molar-refractivity contribution >= 4 is 28.8 Å². The van der Waals surface area contributed by atoms with Crippen molar-refractivity contribution in [2.24, 2.45) is 0 Å². The molecular weight excluding hydrogens is 412 g/mol. The molecule has 1 atom stereocenters. The molecule has 0 saturated carbocycles. The third kappa shape index (κ3) is 4.22. The summed E-state index contributed by atoms with van der Waals surface area (Å²) in [4.78, 5) is 32.3. The summed E-state index contributed by atoms with van der Waals surface area (Å²) in [5, 5.41) is 13.0. The van der Waals surface area contributed by atoms with Crippen molar-refractivity contribution in [3.05, 3.63) is 87.9 Å². The number of hydrogen-bond acceptors (Lipinski definition) is 6. The van der Waals surface area contributed by atoms with E-state index in [4.69, 9.17) is 4.74 Å². The lowest BCUT2D eigenvalue weighted by Crippen LogP contribution is -2.28. The Morgan fingerprint density at radius 3 is 2.55 bits per heavy atom. The second-order valence-electron chi connectivity index (χ2n) is 7.49. The standard InChI is InChI=1S/C24H22N2O4S/c1-15(2)30-18-9-7-17(8-10-18)22(27)20-21(19-6-4-12-31-19)26(24(29)23(20)28)14-16-5-3-11-25-13-16/h3-13,15,21,27H,14H2,1-2H3/t21-/m0/s1. The first-order valence-electron chi connectivity index (χ1n) is 9.93. The molecule has 0 radical (unpaired) electrons. The molecule has 1 fully saturated rings. The fourth-order valence-corrected chi connectivity index (χ4v) is 4.44. The second kappa shape index (κ2) is 8.73. The van der Waals surface area contributed by atoms with Gasteiger partial charge in [-0.05, 0) is 61.2 Å². The average Bonchev–Trinajstić information content (AvgIpc) is 3.37. The first-order chi connectivity index (χ1) is 15.0. The number of carbonyl (C=O) groups excluding carboxylic acids is 2. The Morgan fingerprint density at radius 1 is 1.16 bits per heavy atom. The number of ketones is 1. The van der Waals surface area contributed by atoms with Crippen LogP contribution in [0, 0.1) is 0 Å². The summed E-state index contributed by atoms with van der Waals surface area (Å²) in [6.07, 6.45) is 3.34. The van der Waals surface area contributed by atoms with Gasteiger partial charge in [0.05, 0.1) is 17.7 Å². The van der Waals surface area contributed by atoms with Crippen LogP contribution in [0.3, 0.4) is 0 Å². The molecule has 3 heterocycles. The molecule has 0 spiro atoms. The van der Waals surface area contributed by atoms with Gasteiger partial charge in [0.15, 0.2) is 0 Å². The number of aromatic nitrogens is 1. The van der Waals surface area contributed by atoms with Crippen LogP contribution in [0.5, 0.6) is 5.75 Å². The number of amides is 1. The summed E-state index contributed by atoms with van der Waals surface area (Å²) < 4.78 is 5.64. The average molecular weight is 435 g/mol. The topological polar surface area (TPSA) is 79.7 Å². The Hall–Kier alpha value is -3.45. The third-order valence-corrected chi connectivity index (χ3v) is 5.85. The number of carbonyl (C=O) groups is 2. The van der Waals surface area contributed by atoms with E-state index in [1.807, 2.05) is 37.4 Å². The Bertz CT molecular complexity index is 1110. The van der Waals surface area contributed by atoms with Gasteiger partial charge >= 0.3 is 0 Å². The van der Waals surface area contributed by atoms with Crippen LogP contribution >= 0.6 is 11.3 Å². The minimum absolute atomic E-state index is 0.0241. The fourth-order valence-electron chi connectivity index (χ4n) is 3.59. The van der Waals surface area contributed by atoms with Crippen LogP contribution < -0.4 is 4.74 Å². The van der Waals surface area contributed by atoms with Crippen molar-refractivity contribution in [2.45, 2.75) is 32.5 Å². The number of rotatable bonds is 6. The first-order valence-corrected chi connectivity index (χ1v) is 10.8. The summed E-state index contributed by atoms with van der Waals surface area (Å²) in [6, 6.07) is 13.6. The smallest absolute Gasteiger partial charge is 0.295 e. The van der Waals surface area contributed by atoms with Gasteiger partial charge in [0.25, 0.3) is 11.7 Å². The van der Waals surface area contributed by atoms with Gasteiger partial charge in [-0.3, -0.25) is 14.6 Å². The molecule has 0 unspecified atom stereocenters. The van der Waals surface area contributed by atoms with E-state index in [0.29, 0.717) is 11.3 Å². The minimum atomic E-state index is -0.692. The van der Waals surface area contributed by atoms with Crippen molar-refractivity contribution in [1.29, 1.82) is 0 Å². The van der Waals surface area contributed by atoms with Crippen molar-refractivity contribution < 1.29 is 19.4 Å². The Kier molecular flexibility index (Phi) is 5.86. The van der Waals surface area contributed by atoms with Gasteiger partial charge in [0.2, 0.25) is 0 Å². The quantitative estimate of drug-likeness (QED) is 0.350. The zero-order chi connectivity index (χ0) is 22.0. The minimum Gasteiger partial charge on any atom is -0.507 e. The number of hydrogen-bond donors (Lipinski definition) is 1. The number of pyridine rings is 1. The molecule has 31 heavy (non-hydrogen) atoms. The monoisotopic (exact) mass is 434 g/mol. The molecule has 1 aliphatic heterocycles. The molecule has 0 bridgehead atoms. The molecule has 7 heteroatoms. The SMILES string of the molecule is CC(C)Oc1ccc(C(O)=C2C(=O)C(=O)N(Cc3cccnc3)[C@H]2c2cccs2)cc1. The molecule has 3 aromatic rings. The lowest BCUT2D eigenvalue weighted by atomic mass is 9.99. The van der Waals surface area contributed by atoms with Crippen LogP contribution in [0.4, 0.5) is 0 Å². The number of Topliss-reactive ketones (excluding diaryl/α,β-unsaturated/α-hetero) is 1. The molecule has 6 nitrogen and oxygen atoms in total. The van der Waals surface area contributed by atoms with Gasteiger partial charge in [-0.2, -0.15) is 0 Å². The summed E-state index contributed by atoms with van der Waals surface area (Å²) in [5.41, 5.74) is 1.35. The van der Waals surface area contributed by atoms with E-state index in [0.717, 1.165) is 10.4 Å². The van der Waals surface area contributed by atoms with E-state index in [9.17, 15) is 14.7 Å². The van der Waals surface area contributed by atoms with Crippen LogP contribution in [-0.4, -0.2) is 32.8 Å². The van der Waals surface area contributed by atoms with Gasteiger partial charge in [0, 0.05) is 29.4 Å². The highest BCUT2D eigenvalue weighted by atomic mass is 32.1. The molecule has 1 saturated heterocycles. The summed E-state index contributed by atoms with van der Waals surface area (Å²) >= 11 is 1.44. The maximum Gasteiger partial charge on any atom is 0.295 e. The van der Waals surface area contributed by atoms with Gasteiger partial charge in [-0.15, -0.1) is 11.3 Å². The summed E-state index contributed by atoms with van der Waals surface area (Å²) in [7, 11) is 0. The molecule has 0 aliphatic carbocycles. The zero-order valence-electron chi connectivity index (χ0n) is 17.2. The van der Waals surface area contributed by atoms with Crippen LogP contribution in [0.1, 0.15) is 35.9 Å². The van der Waals surface area contributed by atoms with Gasteiger partial charge < -0.3 is 14.7 Å². The summed E-state index contributed by atoms with van der Waals surface area (Å²) in [5.74, 6) is -0.856. The van der Waals surface area contributed by atoms with Crippen LogP contribution in [0.15, 0.2) is 71.9 Å². The highest BCUT2D eigenvalue weighted by Gasteiger charge is 2.46. The largest absolute Gasteiger partial charge is 0.507 e. The number of aliphatic hydroxyl groups is 1. The Labute approximate surface area is 184 Å². The van der Waals surface area contributed by atoms with Crippen molar-refractivity contribution in [3.63, 3.8) is 0 Å². The van der Waals surface area contributed by atoms with Crippen LogP contribution in [0.2, 0.25) is 0 Å². The molecule has 1 aromatic carbocycles. The van der Waals surface area contributed by atoms with Crippen molar-refractivity contribution in [1.82, 2.24) is 9.88 Å². The van der Waals surface area contributed by atoms with Crippen molar-refractivity contribution in [2.75, 3.05) is 0 Å². The van der Waals surface area contributed by atoms with Gasteiger partial charge in [-0.1, -0.05) is 12.1 Å². The van der Waals surface area contributed by atoms with E-state index >= 15 is 0 Å². The van der Waals surface area contributed by atoms with Crippen LogP contribution in [0.25, 0.3) is 5.76 Å². The number of thiophene rings is 1. The molecular formula is C24H22N2O4S. The molecule has 158 valence electrons. The number of benzene rings is 1. The second-order valence-corrected chi connectivity index (χ2v) is 8.47. The Morgan fingerprint density at radius 2 is 1.94 bits per heavy atom.